The first-order valence-corrected chi connectivity index (χ1v) is 8.01. The molecule has 1 aliphatic rings. The molecule has 2 rings (SSSR count). The highest BCUT2D eigenvalue weighted by Gasteiger charge is 2.31. The Bertz CT molecular complexity index is 546. The van der Waals surface area contributed by atoms with Gasteiger partial charge in [-0.15, -0.1) is 0 Å². The number of alkyl halides is 1. The third kappa shape index (κ3) is 2.95. The lowest BCUT2D eigenvalue weighted by Gasteiger charge is -2.34. The minimum Gasteiger partial charge on any atom is -0.312 e. The average Bonchev–Trinajstić information content (AvgIpc) is 2.43. The molecule has 1 aromatic carbocycles. The van der Waals surface area contributed by atoms with Gasteiger partial charge in [-0.2, -0.15) is 0 Å². The van der Waals surface area contributed by atoms with Gasteiger partial charge in [0.2, 0.25) is 5.91 Å². The Balaban J connectivity index is 2.38. The SMILES string of the molecule is CC(C)(C)C(=O)N1CCCc2cc(C(=O)CBr)ccc21. The van der Waals surface area contributed by atoms with Crippen molar-refractivity contribution in [2.45, 2.75) is 33.6 Å². The Labute approximate surface area is 128 Å². The lowest BCUT2D eigenvalue weighted by molar-refractivity contribution is -0.125. The minimum atomic E-state index is -0.390. The van der Waals surface area contributed by atoms with E-state index in [0.29, 0.717) is 10.9 Å². The standard InChI is InChI=1S/C16H20BrNO2/c1-16(2,3)15(20)18-8-4-5-11-9-12(14(19)10-17)6-7-13(11)18/h6-7,9H,4-5,8,10H2,1-3H3. The molecule has 0 saturated heterocycles. The maximum Gasteiger partial charge on any atom is 0.232 e. The van der Waals surface area contributed by atoms with Crippen molar-refractivity contribution >= 4 is 33.3 Å². The van der Waals surface area contributed by atoms with Gasteiger partial charge in [0.1, 0.15) is 0 Å². The Morgan fingerprint density at radius 2 is 2.00 bits per heavy atom. The molecule has 1 aromatic rings. The van der Waals surface area contributed by atoms with Crippen LogP contribution in [0.25, 0.3) is 0 Å². The first-order valence-electron chi connectivity index (χ1n) is 6.88. The van der Waals surface area contributed by atoms with Crippen LogP contribution in [-0.2, 0) is 11.2 Å². The number of carbonyl (C=O) groups is 2. The molecule has 0 saturated carbocycles. The number of Topliss-reactive ketones (excluding diaryl/α,β-unsaturated/α-hetero) is 1. The zero-order chi connectivity index (χ0) is 14.9. The largest absolute Gasteiger partial charge is 0.312 e. The molecule has 0 aliphatic carbocycles. The van der Waals surface area contributed by atoms with Gasteiger partial charge < -0.3 is 4.90 Å². The Kier molecular flexibility index (Phi) is 4.33. The number of nitrogens with zero attached hydrogens (tertiary/aromatic N) is 1. The molecule has 4 heteroatoms. The highest BCUT2D eigenvalue weighted by atomic mass is 79.9. The second kappa shape index (κ2) is 5.68. The molecule has 0 atom stereocenters. The summed E-state index contributed by atoms with van der Waals surface area (Å²) in [7, 11) is 0. The third-order valence-electron chi connectivity index (χ3n) is 3.53. The van der Waals surface area contributed by atoms with Crippen LogP contribution in [-0.4, -0.2) is 23.6 Å². The van der Waals surface area contributed by atoms with Crippen molar-refractivity contribution in [3.8, 4) is 0 Å². The summed E-state index contributed by atoms with van der Waals surface area (Å²) in [6, 6.07) is 5.66. The summed E-state index contributed by atoms with van der Waals surface area (Å²) in [5, 5.41) is 0.330. The third-order valence-corrected chi connectivity index (χ3v) is 4.04. The van der Waals surface area contributed by atoms with E-state index >= 15 is 0 Å². The molecule has 0 unspecified atom stereocenters. The number of hydrogen-bond acceptors (Lipinski definition) is 2. The molecular formula is C16H20BrNO2. The molecule has 3 nitrogen and oxygen atoms in total. The van der Waals surface area contributed by atoms with Gasteiger partial charge in [-0.1, -0.05) is 36.7 Å². The Morgan fingerprint density at radius 1 is 1.30 bits per heavy atom. The van der Waals surface area contributed by atoms with E-state index in [1.807, 2.05) is 43.9 Å². The predicted molar refractivity (Wildman–Crippen MR) is 84.7 cm³/mol. The number of anilines is 1. The fourth-order valence-corrected chi connectivity index (χ4v) is 2.79. The van der Waals surface area contributed by atoms with Crippen molar-refractivity contribution in [3.05, 3.63) is 29.3 Å². The normalized spacial score (nSPS) is 14.9. The molecule has 0 bridgehead atoms. The molecule has 0 N–H and O–H groups in total. The predicted octanol–water partition coefficient (Wildman–Crippen LogP) is 3.59. The zero-order valence-corrected chi connectivity index (χ0v) is 13.8. The number of carbonyl (C=O) groups excluding carboxylic acids is 2. The first-order chi connectivity index (χ1) is 9.34. The van der Waals surface area contributed by atoms with Crippen LogP contribution in [0, 0.1) is 5.41 Å². The molecule has 1 aliphatic heterocycles. The van der Waals surface area contributed by atoms with E-state index in [4.69, 9.17) is 0 Å². The molecule has 20 heavy (non-hydrogen) atoms. The number of amides is 1. The van der Waals surface area contributed by atoms with E-state index in [1.165, 1.54) is 0 Å². The van der Waals surface area contributed by atoms with E-state index < -0.39 is 0 Å². The number of aryl methyl sites for hydroxylation is 1. The van der Waals surface area contributed by atoms with Gasteiger partial charge >= 0.3 is 0 Å². The minimum absolute atomic E-state index is 0.0760. The van der Waals surface area contributed by atoms with Gasteiger partial charge in [-0.3, -0.25) is 9.59 Å². The fourth-order valence-electron chi connectivity index (χ4n) is 2.46. The summed E-state index contributed by atoms with van der Waals surface area (Å²) >= 11 is 3.19. The van der Waals surface area contributed by atoms with Gasteiger partial charge in [0.05, 0.1) is 5.33 Å². The lowest BCUT2D eigenvalue weighted by Crippen LogP contribution is -2.42. The van der Waals surface area contributed by atoms with Crippen LogP contribution in [0.4, 0.5) is 5.69 Å². The summed E-state index contributed by atoms with van der Waals surface area (Å²) in [5.74, 6) is 0.213. The van der Waals surface area contributed by atoms with E-state index in [1.54, 1.807) is 0 Å². The second-order valence-electron chi connectivity index (χ2n) is 6.21. The maximum atomic E-state index is 12.5. The summed E-state index contributed by atoms with van der Waals surface area (Å²) in [4.78, 5) is 26.1. The van der Waals surface area contributed by atoms with Crippen LogP contribution >= 0.6 is 15.9 Å². The van der Waals surface area contributed by atoms with E-state index in [-0.39, 0.29) is 17.1 Å². The molecule has 0 radical (unpaired) electrons. The van der Waals surface area contributed by atoms with Gasteiger partial charge in [0.25, 0.3) is 0 Å². The maximum absolute atomic E-state index is 12.5. The molecule has 1 amide bonds. The van der Waals surface area contributed by atoms with Crippen LogP contribution in [0.5, 0.6) is 0 Å². The number of halogens is 1. The van der Waals surface area contributed by atoms with Crippen molar-refractivity contribution < 1.29 is 9.59 Å². The van der Waals surface area contributed by atoms with Gasteiger partial charge in [-0.25, -0.2) is 0 Å². The average molecular weight is 338 g/mol. The molecule has 108 valence electrons. The number of fused-ring (bicyclic) bond motifs is 1. The van der Waals surface area contributed by atoms with E-state index in [2.05, 4.69) is 15.9 Å². The van der Waals surface area contributed by atoms with Crippen molar-refractivity contribution in [1.29, 1.82) is 0 Å². The highest BCUT2D eigenvalue weighted by molar-refractivity contribution is 9.09. The summed E-state index contributed by atoms with van der Waals surface area (Å²) < 4.78 is 0. The van der Waals surface area contributed by atoms with Crippen molar-refractivity contribution in [3.63, 3.8) is 0 Å². The second-order valence-corrected chi connectivity index (χ2v) is 6.77. The van der Waals surface area contributed by atoms with Crippen LogP contribution < -0.4 is 4.90 Å². The first kappa shape index (κ1) is 15.2. The van der Waals surface area contributed by atoms with Gasteiger partial charge in [-0.05, 0) is 36.6 Å². The van der Waals surface area contributed by atoms with Crippen LogP contribution in [0.15, 0.2) is 18.2 Å². The summed E-state index contributed by atoms with van der Waals surface area (Å²) in [6.45, 7) is 6.57. The number of ketones is 1. The van der Waals surface area contributed by atoms with E-state index in [0.717, 1.165) is 30.6 Å². The molecule has 0 aromatic heterocycles. The van der Waals surface area contributed by atoms with Gasteiger partial charge in [0, 0.05) is 23.2 Å². The topological polar surface area (TPSA) is 37.4 Å². The van der Waals surface area contributed by atoms with Crippen molar-refractivity contribution in [1.82, 2.24) is 0 Å². The number of benzene rings is 1. The fraction of sp³-hybridized carbons (Fsp3) is 0.500. The van der Waals surface area contributed by atoms with Crippen LogP contribution in [0.1, 0.15) is 43.1 Å². The monoisotopic (exact) mass is 337 g/mol. The van der Waals surface area contributed by atoms with E-state index in [9.17, 15) is 9.59 Å². The lowest BCUT2D eigenvalue weighted by atomic mass is 9.91. The molecular weight excluding hydrogens is 318 g/mol. The highest BCUT2D eigenvalue weighted by Crippen LogP contribution is 2.31. The van der Waals surface area contributed by atoms with Crippen molar-refractivity contribution in [2.24, 2.45) is 5.41 Å². The quantitative estimate of drug-likeness (QED) is 0.610. The summed E-state index contributed by atoms with van der Waals surface area (Å²) in [5.41, 5.74) is 2.38. The van der Waals surface area contributed by atoms with Crippen molar-refractivity contribution in [2.75, 3.05) is 16.8 Å². The molecule has 0 fully saturated rings. The number of hydrogen-bond donors (Lipinski definition) is 0. The summed E-state index contributed by atoms with van der Waals surface area (Å²) in [6.07, 6.45) is 1.87. The Morgan fingerprint density at radius 3 is 2.60 bits per heavy atom. The Hall–Kier alpha value is -1.16. The van der Waals surface area contributed by atoms with Crippen LogP contribution in [0.2, 0.25) is 0 Å². The smallest absolute Gasteiger partial charge is 0.232 e. The zero-order valence-electron chi connectivity index (χ0n) is 12.2. The van der Waals surface area contributed by atoms with Gasteiger partial charge in [0.15, 0.2) is 5.78 Å². The number of rotatable bonds is 2. The molecule has 1 heterocycles. The molecule has 0 spiro atoms. The van der Waals surface area contributed by atoms with Crippen LogP contribution in [0.3, 0.4) is 0 Å².